The van der Waals surface area contributed by atoms with Gasteiger partial charge in [-0.2, -0.15) is 4.98 Å². The van der Waals surface area contributed by atoms with Crippen molar-refractivity contribution in [1.29, 1.82) is 0 Å². The van der Waals surface area contributed by atoms with E-state index in [9.17, 15) is 0 Å². The number of aromatic nitrogens is 2. The average molecular weight is 256 g/mol. The van der Waals surface area contributed by atoms with Crippen LogP contribution in [0.2, 0.25) is 5.28 Å². The van der Waals surface area contributed by atoms with Gasteiger partial charge in [-0.1, -0.05) is 19.3 Å². The fourth-order valence-electron chi connectivity index (χ4n) is 2.63. The monoisotopic (exact) mass is 255 g/mol. The Balaban J connectivity index is 2.49. The number of halogens is 1. The molecule has 1 aromatic rings. The molecular weight excluding hydrogens is 238 g/mol. The van der Waals surface area contributed by atoms with Crippen LogP contribution in [0.25, 0.3) is 0 Å². The van der Waals surface area contributed by atoms with Gasteiger partial charge in [-0.25, -0.2) is 4.98 Å². The van der Waals surface area contributed by atoms with Crippen molar-refractivity contribution in [3.63, 3.8) is 0 Å². The van der Waals surface area contributed by atoms with Crippen molar-refractivity contribution in [3.05, 3.63) is 11.0 Å². The second-order valence-corrected chi connectivity index (χ2v) is 5.02. The van der Waals surface area contributed by atoms with E-state index in [-0.39, 0.29) is 16.5 Å². The summed E-state index contributed by atoms with van der Waals surface area (Å²) in [6, 6.07) is 0. The predicted octanol–water partition coefficient (Wildman–Crippen LogP) is 1.45. The Hall–Kier alpha value is -1.07. The largest absolute Gasteiger partial charge is 0.394 e. The number of nitrogens with two attached hydrogens (primary N) is 3. The molecule has 17 heavy (non-hydrogen) atoms. The van der Waals surface area contributed by atoms with Crippen LogP contribution in [0.3, 0.4) is 0 Å². The first-order valence-electron chi connectivity index (χ1n) is 5.88. The first kappa shape index (κ1) is 12.4. The molecule has 0 saturated heterocycles. The summed E-state index contributed by atoms with van der Waals surface area (Å²) in [7, 11) is 0. The Morgan fingerprint density at radius 2 is 1.76 bits per heavy atom. The molecule has 0 unspecified atom stereocenters. The molecule has 2 rings (SSSR count). The van der Waals surface area contributed by atoms with Crippen LogP contribution in [-0.4, -0.2) is 16.5 Å². The zero-order valence-electron chi connectivity index (χ0n) is 9.75. The molecule has 5 nitrogen and oxygen atoms in total. The maximum absolute atomic E-state index is 5.98. The molecule has 0 atom stereocenters. The van der Waals surface area contributed by atoms with Gasteiger partial charge in [0.1, 0.15) is 0 Å². The summed E-state index contributed by atoms with van der Waals surface area (Å²) in [6.45, 7) is 0.518. The summed E-state index contributed by atoms with van der Waals surface area (Å²) < 4.78 is 0. The van der Waals surface area contributed by atoms with E-state index in [0.717, 1.165) is 31.4 Å². The maximum Gasteiger partial charge on any atom is 0.224 e. The van der Waals surface area contributed by atoms with Crippen molar-refractivity contribution >= 4 is 23.1 Å². The number of nitrogen functional groups attached to an aromatic ring is 2. The summed E-state index contributed by atoms with van der Waals surface area (Å²) in [5.41, 5.74) is 18.6. The van der Waals surface area contributed by atoms with Crippen molar-refractivity contribution in [1.82, 2.24) is 9.97 Å². The number of rotatable bonds is 2. The minimum atomic E-state index is -0.178. The highest BCUT2D eigenvalue weighted by atomic mass is 35.5. The molecule has 1 aliphatic rings. The lowest BCUT2D eigenvalue weighted by Gasteiger charge is -2.36. The predicted molar refractivity (Wildman–Crippen MR) is 69.7 cm³/mol. The second kappa shape index (κ2) is 4.66. The molecule has 6 N–H and O–H groups in total. The molecule has 0 amide bonds. The van der Waals surface area contributed by atoms with Gasteiger partial charge in [0.25, 0.3) is 0 Å². The lowest BCUT2D eigenvalue weighted by atomic mass is 9.71. The molecule has 1 fully saturated rings. The molecule has 1 aromatic heterocycles. The minimum Gasteiger partial charge on any atom is -0.394 e. The molecule has 0 aliphatic heterocycles. The molecular formula is C11H18ClN5. The standard InChI is InChI=1S/C11H18ClN5/c12-10-16-8(7(14)9(15)17-10)11(6-13)4-2-1-3-5-11/h1-6,13-14H2,(H2,15,16,17). The van der Waals surface area contributed by atoms with E-state index < -0.39 is 0 Å². The van der Waals surface area contributed by atoms with Crippen LogP contribution >= 0.6 is 11.6 Å². The molecule has 0 radical (unpaired) electrons. The Morgan fingerprint density at radius 3 is 2.35 bits per heavy atom. The highest BCUT2D eigenvalue weighted by molar-refractivity contribution is 6.28. The molecule has 1 heterocycles. The second-order valence-electron chi connectivity index (χ2n) is 4.69. The lowest BCUT2D eigenvalue weighted by molar-refractivity contribution is 0.294. The van der Waals surface area contributed by atoms with E-state index in [1.165, 1.54) is 6.42 Å². The topological polar surface area (TPSA) is 104 Å². The third-order valence-electron chi connectivity index (χ3n) is 3.65. The van der Waals surface area contributed by atoms with Crippen LogP contribution in [-0.2, 0) is 5.41 Å². The van der Waals surface area contributed by atoms with Crippen molar-refractivity contribution in [2.75, 3.05) is 18.0 Å². The van der Waals surface area contributed by atoms with E-state index in [2.05, 4.69) is 9.97 Å². The summed E-state index contributed by atoms with van der Waals surface area (Å²) in [6.07, 6.45) is 5.48. The van der Waals surface area contributed by atoms with Gasteiger partial charge in [0.05, 0.1) is 11.4 Å². The van der Waals surface area contributed by atoms with Gasteiger partial charge >= 0.3 is 0 Å². The Bertz CT molecular complexity index is 415. The molecule has 0 bridgehead atoms. The molecule has 0 aromatic carbocycles. The van der Waals surface area contributed by atoms with Gasteiger partial charge < -0.3 is 17.2 Å². The highest BCUT2D eigenvalue weighted by Gasteiger charge is 2.36. The smallest absolute Gasteiger partial charge is 0.224 e. The van der Waals surface area contributed by atoms with Crippen LogP contribution in [0.5, 0.6) is 0 Å². The normalized spacial score (nSPS) is 19.2. The Labute approximate surface area is 106 Å². The molecule has 1 saturated carbocycles. The fraction of sp³-hybridized carbons (Fsp3) is 0.636. The van der Waals surface area contributed by atoms with Crippen LogP contribution < -0.4 is 17.2 Å². The van der Waals surface area contributed by atoms with Crippen molar-refractivity contribution in [2.24, 2.45) is 5.73 Å². The van der Waals surface area contributed by atoms with Gasteiger partial charge in [0.2, 0.25) is 5.28 Å². The van der Waals surface area contributed by atoms with Crippen molar-refractivity contribution in [2.45, 2.75) is 37.5 Å². The van der Waals surface area contributed by atoms with Gasteiger partial charge in [0.15, 0.2) is 5.82 Å². The van der Waals surface area contributed by atoms with Crippen LogP contribution in [0.1, 0.15) is 37.8 Å². The summed E-state index contributed by atoms with van der Waals surface area (Å²) in [5.74, 6) is 0.249. The third-order valence-corrected chi connectivity index (χ3v) is 3.82. The Kier molecular flexibility index (Phi) is 3.40. The molecule has 6 heteroatoms. The molecule has 94 valence electrons. The average Bonchev–Trinajstić information content (AvgIpc) is 2.34. The zero-order valence-corrected chi connectivity index (χ0v) is 10.5. The van der Waals surface area contributed by atoms with Gasteiger partial charge in [0, 0.05) is 12.0 Å². The van der Waals surface area contributed by atoms with Gasteiger partial charge in [-0.3, -0.25) is 0 Å². The van der Waals surface area contributed by atoms with Gasteiger partial charge in [-0.15, -0.1) is 0 Å². The van der Waals surface area contributed by atoms with E-state index in [1.54, 1.807) is 0 Å². The van der Waals surface area contributed by atoms with Crippen LogP contribution in [0.15, 0.2) is 0 Å². The summed E-state index contributed by atoms with van der Waals surface area (Å²) >= 11 is 5.86. The van der Waals surface area contributed by atoms with E-state index in [4.69, 9.17) is 28.8 Å². The first-order valence-corrected chi connectivity index (χ1v) is 6.26. The minimum absolute atomic E-state index is 0.144. The third kappa shape index (κ3) is 2.17. The molecule has 0 spiro atoms. The van der Waals surface area contributed by atoms with Crippen LogP contribution in [0, 0.1) is 0 Å². The Morgan fingerprint density at radius 1 is 1.12 bits per heavy atom. The lowest BCUT2D eigenvalue weighted by Crippen LogP contribution is -2.39. The SMILES string of the molecule is NCC1(c2nc(Cl)nc(N)c2N)CCCCC1. The van der Waals surface area contributed by atoms with E-state index in [0.29, 0.717) is 12.2 Å². The highest BCUT2D eigenvalue weighted by Crippen LogP contribution is 2.41. The number of nitrogens with zero attached hydrogens (tertiary/aromatic N) is 2. The van der Waals surface area contributed by atoms with Crippen LogP contribution in [0.4, 0.5) is 11.5 Å². The summed E-state index contributed by atoms with van der Waals surface area (Å²) in [5, 5.41) is 0.144. The number of hydrogen-bond acceptors (Lipinski definition) is 5. The number of hydrogen-bond donors (Lipinski definition) is 3. The number of anilines is 2. The summed E-state index contributed by atoms with van der Waals surface area (Å²) in [4.78, 5) is 8.13. The maximum atomic E-state index is 5.98. The molecule has 1 aliphatic carbocycles. The quantitative estimate of drug-likeness (QED) is 0.694. The van der Waals surface area contributed by atoms with Crippen molar-refractivity contribution in [3.8, 4) is 0 Å². The van der Waals surface area contributed by atoms with E-state index in [1.807, 2.05) is 0 Å². The zero-order chi connectivity index (χ0) is 12.5. The van der Waals surface area contributed by atoms with Crippen molar-refractivity contribution < 1.29 is 0 Å². The van der Waals surface area contributed by atoms with Gasteiger partial charge in [-0.05, 0) is 24.4 Å². The van der Waals surface area contributed by atoms with E-state index >= 15 is 0 Å². The fourth-order valence-corrected chi connectivity index (χ4v) is 2.80. The first-order chi connectivity index (χ1) is 8.09.